The fourth-order valence-corrected chi connectivity index (χ4v) is 3.92. The quantitative estimate of drug-likeness (QED) is 0.439. The molecule has 1 atom stereocenters. The predicted molar refractivity (Wildman–Crippen MR) is 102 cm³/mol. The maximum Gasteiger partial charge on any atom is 0.338 e. The molecule has 0 fully saturated rings. The van der Waals surface area contributed by atoms with Crippen molar-refractivity contribution in [1.29, 1.82) is 0 Å². The summed E-state index contributed by atoms with van der Waals surface area (Å²) in [6, 6.07) is 12.0. The van der Waals surface area contributed by atoms with Crippen molar-refractivity contribution in [1.82, 2.24) is 9.55 Å². The highest BCUT2D eigenvalue weighted by Gasteiger charge is 2.17. The third-order valence-corrected chi connectivity index (χ3v) is 5.31. The fourth-order valence-electron chi connectivity index (χ4n) is 2.80. The number of halogens is 1. The van der Waals surface area contributed by atoms with E-state index in [2.05, 4.69) is 18.4 Å². The summed E-state index contributed by atoms with van der Waals surface area (Å²) >= 11 is 1.62. The molecule has 0 aliphatic rings. The van der Waals surface area contributed by atoms with Gasteiger partial charge in [0.25, 0.3) is 0 Å². The first kappa shape index (κ1) is 18.5. The van der Waals surface area contributed by atoms with Gasteiger partial charge in [-0.2, -0.15) is 0 Å². The van der Waals surface area contributed by atoms with Gasteiger partial charge in [-0.25, -0.2) is 14.2 Å². The molecule has 0 aliphatic carbocycles. The second kappa shape index (κ2) is 7.91. The van der Waals surface area contributed by atoms with Gasteiger partial charge in [-0.3, -0.25) is 0 Å². The second-order valence-corrected chi connectivity index (χ2v) is 7.18. The van der Waals surface area contributed by atoms with Crippen molar-refractivity contribution in [2.24, 2.45) is 0 Å². The Kier molecular flexibility index (Phi) is 5.61. The number of esters is 1. The summed E-state index contributed by atoms with van der Waals surface area (Å²) in [5.41, 5.74) is 3.29. The van der Waals surface area contributed by atoms with E-state index in [9.17, 15) is 9.18 Å². The van der Waals surface area contributed by atoms with Crippen LogP contribution in [0.25, 0.3) is 11.0 Å². The van der Waals surface area contributed by atoms with E-state index in [1.54, 1.807) is 43.0 Å². The van der Waals surface area contributed by atoms with E-state index in [4.69, 9.17) is 9.72 Å². The monoisotopic (exact) mass is 372 g/mol. The molecule has 0 aliphatic heterocycles. The standard InChI is InChI=1S/C20H21FN2O2S/c1-4-23-18-11-8-15(19(24)25-5-2)12-17(18)22-20(23)26-13(3)14-6-9-16(21)10-7-14/h6-13H,4-5H2,1-3H3/t13-/m0/s1. The summed E-state index contributed by atoms with van der Waals surface area (Å²) < 4.78 is 20.3. The molecule has 3 rings (SSSR count). The van der Waals surface area contributed by atoms with Crippen LogP contribution in [0.4, 0.5) is 4.39 Å². The number of ether oxygens (including phenoxy) is 1. The molecule has 0 N–H and O–H groups in total. The zero-order chi connectivity index (χ0) is 18.7. The van der Waals surface area contributed by atoms with Crippen molar-refractivity contribution in [2.75, 3.05) is 6.61 Å². The molecule has 1 heterocycles. The Bertz CT molecular complexity index is 921. The molecule has 0 spiro atoms. The van der Waals surface area contributed by atoms with E-state index in [1.165, 1.54) is 12.1 Å². The molecule has 4 nitrogen and oxygen atoms in total. The topological polar surface area (TPSA) is 44.1 Å². The van der Waals surface area contributed by atoms with Crippen LogP contribution in [0.5, 0.6) is 0 Å². The average Bonchev–Trinajstić information content (AvgIpc) is 2.98. The fraction of sp³-hybridized carbons (Fsp3) is 0.300. The number of fused-ring (bicyclic) bond motifs is 1. The Labute approximate surface area is 156 Å². The number of aryl methyl sites for hydroxylation is 1. The Morgan fingerprint density at radius 3 is 2.62 bits per heavy atom. The number of aromatic nitrogens is 2. The molecule has 0 bridgehead atoms. The molecule has 26 heavy (non-hydrogen) atoms. The van der Waals surface area contributed by atoms with Crippen molar-refractivity contribution < 1.29 is 13.9 Å². The number of carbonyl (C=O) groups is 1. The second-order valence-electron chi connectivity index (χ2n) is 5.87. The lowest BCUT2D eigenvalue weighted by atomic mass is 10.2. The Balaban J connectivity index is 1.92. The van der Waals surface area contributed by atoms with Crippen LogP contribution < -0.4 is 0 Å². The SMILES string of the molecule is CCOC(=O)c1ccc2c(c1)nc(S[C@@H](C)c1ccc(F)cc1)n2CC. The molecule has 2 aromatic carbocycles. The zero-order valence-corrected chi connectivity index (χ0v) is 15.8. The number of hydrogen-bond donors (Lipinski definition) is 0. The number of hydrogen-bond acceptors (Lipinski definition) is 4. The highest BCUT2D eigenvalue weighted by Crippen LogP contribution is 2.36. The van der Waals surface area contributed by atoms with Crippen molar-refractivity contribution in [2.45, 2.75) is 37.7 Å². The van der Waals surface area contributed by atoms with E-state index in [-0.39, 0.29) is 17.0 Å². The lowest BCUT2D eigenvalue weighted by Crippen LogP contribution is -2.04. The molecule has 6 heteroatoms. The largest absolute Gasteiger partial charge is 0.462 e. The van der Waals surface area contributed by atoms with Crippen molar-refractivity contribution in [3.63, 3.8) is 0 Å². The summed E-state index contributed by atoms with van der Waals surface area (Å²) in [6.45, 7) is 7.03. The van der Waals surface area contributed by atoms with Crippen molar-refractivity contribution >= 4 is 28.8 Å². The Hall–Kier alpha value is -2.34. The lowest BCUT2D eigenvalue weighted by molar-refractivity contribution is 0.0526. The smallest absolute Gasteiger partial charge is 0.338 e. The van der Waals surface area contributed by atoms with Crippen LogP contribution in [0.1, 0.15) is 41.9 Å². The third-order valence-electron chi connectivity index (χ3n) is 4.16. The molecule has 0 saturated heterocycles. The van der Waals surface area contributed by atoms with Crippen molar-refractivity contribution in [3.05, 3.63) is 59.4 Å². The molecule has 0 amide bonds. The van der Waals surface area contributed by atoms with Crippen LogP contribution >= 0.6 is 11.8 Å². The van der Waals surface area contributed by atoms with Gasteiger partial charge < -0.3 is 9.30 Å². The highest BCUT2D eigenvalue weighted by atomic mass is 32.2. The summed E-state index contributed by atoms with van der Waals surface area (Å²) in [5, 5.41) is 1.00. The minimum atomic E-state index is -0.339. The van der Waals surface area contributed by atoms with Crippen LogP contribution in [0.3, 0.4) is 0 Å². The first-order valence-electron chi connectivity index (χ1n) is 8.63. The first-order valence-corrected chi connectivity index (χ1v) is 9.51. The van der Waals surface area contributed by atoms with E-state index in [0.717, 1.165) is 28.3 Å². The summed E-state index contributed by atoms with van der Waals surface area (Å²) in [7, 11) is 0. The minimum Gasteiger partial charge on any atom is -0.462 e. The van der Waals surface area contributed by atoms with E-state index >= 15 is 0 Å². The molecule has 0 unspecified atom stereocenters. The number of imidazole rings is 1. The maximum atomic E-state index is 13.1. The molecule has 136 valence electrons. The molecule has 0 radical (unpaired) electrons. The predicted octanol–water partition coefficient (Wildman–Crippen LogP) is 5.23. The number of benzene rings is 2. The minimum absolute atomic E-state index is 0.127. The average molecular weight is 372 g/mol. The van der Waals surface area contributed by atoms with E-state index < -0.39 is 0 Å². The first-order chi connectivity index (χ1) is 12.5. The van der Waals surface area contributed by atoms with Gasteiger partial charge in [-0.1, -0.05) is 23.9 Å². The van der Waals surface area contributed by atoms with Crippen LogP contribution in [-0.4, -0.2) is 22.1 Å². The van der Waals surface area contributed by atoms with E-state index in [1.807, 2.05) is 6.07 Å². The van der Waals surface area contributed by atoms with Gasteiger partial charge in [0.1, 0.15) is 5.82 Å². The molecular formula is C20H21FN2O2S. The molecular weight excluding hydrogens is 351 g/mol. The van der Waals surface area contributed by atoms with Crippen LogP contribution in [0, 0.1) is 5.82 Å². The van der Waals surface area contributed by atoms with Gasteiger partial charge in [0, 0.05) is 11.8 Å². The number of rotatable bonds is 6. The maximum absolute atomic E-state index is 13.1. The summed E-state index contributed by atoms with van der Waals surface area (Å²) in [5.74, 6) is -0.576. The number of carbonyl (C=O) groups excluding carboxylic acids is 1. The normalized spacial score (nSPS) is 12.3. The van der Waals surface area contributed by atoms with Crippen molar-refractivity contribution in [3.8, 4) is 0 Å². The molecule has 1 aromatic heterocycles. The Morgan fingerprint density at radius 1 is 1.23 bits per heavy atom. The van der Waals surface area contributed by atoms with Crippen LogP contribution in [0.2, 0.25) is 0 Å². The van der Waals surface area contributed by atoms with Crippen LogP contribution in [0.15, 0.2) is 47.6 Å². The molecule has 0 saturated carbocycles. The number of thioether (sulfide) groups is 1. The summed E-state index contributed by atoms with van der Waals surface area (Å²) in [4.78, 5) is 16.7. The van der Waals surface area contributed by atoms with E-state index in [0.29, 0.717) is 12.2 Å². The number of nitrogens with zero attached hydrogens (tertiary/aromatic N) is 2. The molecule has 3 aromatic rings. The Morgan fingerprint density at radius 2 is 1.96 bits per heavy atom. The van der Waals surface area contributed by atoms with Gasteiger partial charge in [0.05, 0.1) is 23.2 Å². The van der Waals surface area contributed by atoms with Gasteiger partial charge in [-0.15, -0.1) is 0 Å². The zero-order valence-electron chi connectivity index (χ0n) is 15.0. The van der Waals surface area contributed by atoms with Crippen LogP contribution in [-0.2, 0) is 11.3 Å². The van der Waals surface area contributed by atoms with Gasteiger partial charge >= 0.3 is 5.97 Å². The van der Waals surface area contributed by atoms with Gasteiger partial charge in [0.15, 0.2) is 5.16 Å². The van der Waals surface area contributed by atoms with Gasteiger partial charge in [0.2, 0.25) is 0 Å². The summed E-state index contributed by atoms with van der Waals surface area (Å²) in [6.07, 6.45) is 0. The third kappa shape index (κ3) is 3.75. The lowest BCUT2D eigenvalue weighted by Gasteiger charge is -2.12. The van der Waals surface area contributed by atoms with Gasteiger partial charge in [-0.05, 0) is 56.7 Å². The highest BCUT2D eigenvalue weighted by molar-refractivity contribution is 7.99.